The minimum Gasteiger partial charge on any atom is -0.312 e. The fraction of sp³-hybridized carbons (Fsp3) is 0.824. The first-order chi connectivity index (χ1) is 9.37. The number of nitrogens with zero attached hydrogens (tertiary/aromatic N) is 2. The van der Waals surface area contributed by atoms with Crippen LogP contribution in [0.4, 0.5) is 0 Å². The van der Waals surface area contributed by atoms with Crippen LogP contribution in [0.25, 0.3) is 0 Å². The van der Waals surface area contributed by atoms with Crippen molar-refractivity contribution in [3.63, 3.8) is 0 Å². The van der Waals surface area contributed by atoms with Gasteiger partial charge in [-0.3, -0.25) is 4.68 Å². The van der Waals surface area contributed by atoms with E-state index < -0.39 is 0 Å². The maximum absolute atomic E-state index is 4.29. The van der Waals surface area contributed by atoms with Gasteiger partial charge in [0.2, 0.25) is 0 Å². The second kappa shape index (κ2) is 4.87. The molecule has 2 atom stereocenters. The van der Waals surface area contributed by atoms with Crippen LogP contribution in [0.2, 0.25) is 0 Å². The van der Waals surface area contributed by atoms with Gasteiger partial charge in [0, 0.05) is 31.0 Å². The van der Waals surface area contributed by atoms with Crippen molar-refractivity contribution in [2.45, 2.75) is 58.4 Å². The molecule has 20 heavy (non-hydrogen) atoms. The zero-order valence-corrected chi connectivity index (χ0v) is 13.4. The fourth-order valence-electron chi connectivity index (χ4n) is 3.94. The van der Waals surface area contributed by atoms with Crippen molar-refractivity contribution < 1.29 is 0 Å². The molecule has 1 aromatic rings. The van der Waals surface area contributed by atoms with Gasteiger partial charge < -0.3 is 5.32 Å². The van der Waals surface area contributed by atoms with E-state index in [0.29, 0.717) is 5.41 Å². The number of fused-ring (bicyclic) bond motifs is 1. The van der Waals surface area contributed by atoms with Gasteiger partial charge in [-0.15, -0.1) is 0 Å². The van der Waals surface area contributed by atoms with Crippen molar-refractivity contribution in [3.05, 3.63) is 18.0 Å². The fourth-order valence-corrected chi connectivity index (χ4v) is 3.94. The van der Waals surface area contributed by atoms with E-state index in [0.717, 1.165) is 11.8 Å². The molecular weight excluding hydrogens is 246 g/mol. The first-order valence-electron chi connectivity index (χ1n) is 8.09. The minimum atomic E-state index is 0.228. The Morgan fingerprint density at radius 3 is 2.60 bits per heavy atom. The molecule has 0 aromatic carbocycles. The summed E-state index contributed by atoms with van der Waals surface area (Å²) >= 11 is 0. The SMILES string of the molecule is Cn1nccc1CCC1(CNC(C)(C)C)CC2CC2C1. The average Bonchev–Trinajstić information content (AvgIpc) is 2.80. The normalized spacial score (nSPS) is 32.4. The highest BCUT2D eigenvalue weighted by Gasteiger charge is 2.53. The molecular formula is C17H29N3. The lowest BCUT2D eigenvalue weighted by molar-refractivity contribution is 0.206. The minimum absolute atomic E-state index is 0.228. The van der Waals surface area contributed by atoms with Gasteiger partial charge in [0.25, 0.3) is 0 Å². The first kappa shape index (κ1) is 14.1. The Kier molecular flexibility index (Phi) is 3.44. The number of aryl methyl sites for hydroxylation is 2. The zero-order valence-electron chi connectivity index (χ0n) is 13.4. The van der Waals surface area contributed by atoms with Gasteiger partial charge in [0.15, 0.2) is 0 Å². The molecule has 1 N–H and O–H groups in total. The molecule has 112 valence electrons. The molecule has 3 heteroatoms. The molecule has 2 unspecified atom stereocenters. The van der Waals surface area contributed by atoms with Crippen LogP contribution in [-0.4, -0.2) is 21.9 Å². The predicted molar refractivity (Wildman–Crippen MR) is 82.5 cm³/mol. The standard InChI is InChI=1S/C17H29N3/c1-16(2,3)18-12-17(10-13-9-14(13)11-17)7-5-15-6-8-19-20(15)4/h6,8,13-14,18H,5,7,9-12H2,1-4H3. The Hall–Kier alpha value is -0.830. The second-order valence-corrected chi connectivity index (χ2v) is 8.21. The second-order valence-electron chi connectivity index (χ2n) is 8.21. The molecule has 3 nitrogen and oxygen atoms in total. The lowest BCUT2D eigenvalue weighted by Crippen LogP contribution is -2.43. The number of hydrogen-bond acceptors (Lipinski definition) is 2. The van der Waals surface area contributed by atoms with Crippen LogP contribution in [0.1, 0.15) is 52.1 Å². The average molecular weight is 275 g/mol. The number of hydrogen-bond donors (Lipinski definition) is 1. The summed E-state index contributed by atoms with van der Waals surface area (Å²) in [6, 6.07) is 2.17. The smallest absolute Gasteiger partial charge is 0.0492 e. The van der Waals surface area contributed by atoms with Crippen molar-refractivity contribution in [1.29, 1.82) is 0 Å². The van der Waals surface area contributed by atoms with E-state index in [-0.39, 0.29) is 5.54 Å². The van der Waals surface area contributed by atoms with Crippen molar-refractivity contribution in [2.75, 3.05) is 6.54 Å². The van der Waals surface area contributed by atoms with Gasteiger partial charge >= 0.3 is 0 Å². The van der Waals surface area contributed by atoms with E-state index >= 15 is 0 Å². The third kappa shape index (κ3) is 3.08. The van der Waals surface area contributed by atoms with E-state index in [4.69, 9.17) is 0 Å². The Bertz CT molecular complexity index is 459. The highest BCUT2D eigenvalue weighted by molar-refractivity contribution is 5.07. The quantitative estimate of drug-likeness (QED) is 0.894. The van der Waals surface area contributed by atoms with Crippen molar-refractivity contribution in [2.24, 2.45) is 24.3 Å². The number of rotatable bonds is 5. The summed E-state index contributed by atoms with van der Waals surface area (Å²) in [5, 5.41) is 8.06. The molecule has 0 aliphatic heterocycles. The highest BCUT2D eigenvalue weighted by atomic mass is 15.2. The Morgan fingerprint density at radius 1 is 1.35 bits per heavy atom. The van der Waals surface area contributed by atoms with Crippen molar-refractivity contribution in [3.8, 4) is 0 Å². The van der Waals surface area contributed by atoms with E-state index in [2.05, 4.69) is 44.3 Å². The highest BCUT2D eigenvalue weighted by Crippen LogP contribution is 2.61. The molecule has 0 saturated heterocycles. The molecule has 0 radical (unpaired) electrons. The molecule has 0 spiro atoms. The summed E-state index contributed by atoms with van der Waals surface area (Å²) in [5.41, 5.74) is 2.14. The molecule has 2 aliphatic rings. The summed E-state index contributed by atoms with van der Waals surface area (Å²) in [6.45, 7) is 8.01. The molecule has 0 bridgehead atoms. The van der Waals surface area contributed by atoms with E-state index in [9.17, 15) is 0 Å². The first-order valence-corrected chi connectivity index (χ1v) is 8.09. The van der Waals surface area contributed by atoms with Gasteiger partial charge in [0.05, 0.1) is 0 Å². The molecule has 2 saturated carbocycles. The van der Waals surface area contributed by atoms with Gasteiger partial charge in [-0.1, -0.05) is 0 Å². The zero-order chi connectivity index (χ0) is 14.4. The van der Waals surface area contributed by atoms with Gasteiger partial charge in [0.1, 0.15) is 0 Å². The summed E-state index contributed by atoms with van der Waals surface area (Å²) in [4.78, 5) is 0. The van der Waals surface area contributed by atoms with Crippen LogP contribution in [0, 0.1) is 17.3 Å². The van der Waals surface area contributed by atoms with Crippen LogP contribution in [0.15, 0.2) is 12.3 Å². The van der Waals surface area contributed by atoms with Gasteiger partial charge in [-0.05, 0) is 76.2 Å². The van der Waals surface area contributed by atoms with E-state index in [1.807, 2.05) is 10.9 Å². The summed E-state index contributed by atoms with van der Waals surface area (Å²) < 4.78 is 2.03. The largest absolute Gasteiger partial charge is 0.312 e. The maximum Gasteiger partial charge on any atom is 0.0492 e. The van der Waals surface area contributed by atoms with Gasteiger partial charge in [-0.25, -0.2) is 0 Å². The Balaban J connectivity index is 1.62. The van der Waals surface area contributed by atoms with Crippen LogP contribution in [0.5, 0.6) is 0 Å². The lowest BCUT2D eigenvalue weighted by Gasteiger charge is -2.35. The van der Waals surface area contributed by atoms with Crippen LogP contribution in [0.3, 0.4) is 0 Å². The van der Waals surface area contributed by atoms with E-state index in [1.54, 1.807) is 0 Å². The number of aromatic nitrogens is 2. The molecule has 1 aromatic heterocycles. The van der Waals surface area contributed by atoms with Crippen LogP contribution in [-0.2, 0) is 13.5 Å². The van der Waals surface area contributed by atoms with Crippen molar-refractivity contribution in [1.82, 2.24) is 15.1 Å². The Morgan fingerprint density at radius 2 is 2.05 bits per heavy atom. The Labute approximate surface area is 123 Å². The monoisotopic (exact) mass is 275 g/mol. The summed E-state index contributed by atoms with van der Waals surface area (Å²) in [7, 11) is 2.06. The predicted octanol–water partition coefficient (Wildman–Crippen LogP) is 3.16. The van der Waals surface area contributed by atoms with Crippen molar-refractivity contribution >= 4 is 0 Å². The summed E-state index contributed by atoms with van der Waals surface area (Å²) in [6.07, 6.45) is 8.78. The number of nitrogens with one attached hydrogen (secondary N) is 1. The lowest BCUT2D eigenvalue weighted by atomic mass is 9.77. The van der Waals surface area contributed by atoms with Gasteiger partial charge in [-0.2, -0.15) is 5.10 Å². The van der Waals surface area contributed by atoms with Crippen LogP contribution < -0.4 is 5.32 Å². The molecule has 3 rings (SSSR count). The van der Waals surface area contributed by atoms with Crippen LogP contribution >= 0.6 is 0 Å². The third-order valence-electron chi connectivity index (χ3n) is 5.29. The topological polar surface area (TPSA) is 29.9 Å². The van der Waals surface area contributed by atoms with E-state index in [1.165, 1.54) is 44.3 Å². The summed E-state index contributed by atoms with van der Waals surface area (Å²) in [5.74, 6) is 2.09. The third-order valence-corrected chi connectivity index (χ3v) is 5.29. The molecule has 2 fully saturated rings. The maximum atomic E-state index is 4.29. The molecule has 1 heterocycles. The molecule has 0 amide bonds. The molecule has 2 aliphatic carbocycles.